The van der Waals surface area contributed by atoms with Crippen LogP contribution in [0.25, 0.3) is 0 Å². The second kappa shape index (κ2) is 8.70. The normalized spacial score (nSPS) is 12.4. The summed E-state index contributed by atoms with van der Waals surface area (Å²) in [4.78, 5) is 14.2. The quantitative estimate of drug-likeness (QED) is 0.623. The standard InChI is InChI=1S/C20H24N2O7S/c1-21(11-14-5-7-16(26-2)18(9-14)27-3)20(23)12-22(30(4,24)25)15-6-8-17-19(10-15)29-13-28-17/h5-10H,11-13H2,1-4H3. The van der Waals surface area contributed by atoms with Crippen LogP contribution in [0, 0.1) is 0 Å². The number of hydrogen-bond donors (Lipinski definition) is 0. The number of carbonyl (C=O) groups is 1. The number of hydrogen-bond acceptors (Lipinski definition) is 7. The number of carbonyl (C=O) groups excluding carboxylic acids is 1. The largest absolute Gasteiger partial charge is 0.493 e. The predicted octanol–water partition coefficient (Wildman–Crippen LogP) is 1.86. The molecule has 0 aliphatic carbocycles. The molecule has 30 heavy (non-hydrogen) atoms. The average molecular weight is 436 g/mol. The molecule has 0 fully saturated rings. The highest BCUT2D eigenvalue weighted by molar-refractivity contribution is 7.92. The molecule has 0 saturated heterocycles. The molecule has 0 aromatic heterocycles. The van der Waals surface area contributed by atoms with Crippen molar-refractivity contribution >= 4 is 21.6 Å². The molecule has 10 heteroatoms. The molecule has 162 valence electrons. The van der Waals surface area contributed by atoms with Crippen molar-refractivity contribution in [3.63, 3.8) is 0 Å². The minimum Gasteiger partial charge on any atom is -0.493 e. The Morgan fingerprint density at radius 2 is 1.73 bits per heavy atom. The summed E-state index contributed by atoms with van der Waals surface area (Å²) in [6.07, 6.45) is 1.05. The van der Waals surface area contributed by atoms with Gasteiger partial charge in [-0.25, -0.2) is 8.42 Å². The van der Waals surface area contributed by atoms with Crippen molar-refractivity contribution in [2.45, 2.75) is 6.54 Å². The van der Waals surface area contributed by atoms with E-state index in [1.165, 1.54) is 12.0 Å². The number of ether oxygens (including phenoxy) is 4. The van der Waals surface area contributed by atoms with E-state index in [1.54, 1.807) is 44.5 Å². The first-order chi connectivity index (χ1) is 14.2. The summed E-state index contributed by atoms with van der Waals surface area (Å²) in [6.45, 7) is 0.00481. The van der Waals surface area contributed by atoms with Crippen LogP contribution in [-0.4, -0.2) is 60.1 Å². The van der Waals surface area contributed by atoms with Crippen molar-refractivity contribution in [2.24, 2.45) is 0 Å². The number of methoxy groups -OCH3 is 2. The summed E-state index contributed by atoms with van der Waals surface area (Å²) in [6, 6.07) is 10.1. The highest BCUT2D eigenvalue weighted by Crippen LogP contribution is 2.36. The van der Waals surface area contributed by atoms with Crippen LogP contribution in [0.5, 0.6) is 23.0 Å². The van der Waals surface area contributed by atoms with Gasteiger partial charge >= 0.3 is 0 Å². The lowest BCUT2D eigenvalue weighted by molar-refractivity contribution is -0.128. The second-order valence-corrected chi connectivity index (χ2v) is 8.65. The molecular weight excluding hydrogens is 412 g/mol. The van der Waals surface area contributed by atoms with Gasteiger partial charge in [-0.05, 0) is 29.8 Å². The van der Waals surface area contributed by atoms with Gasteiger partial charge in [0, 0.05) is 19.7 Å². The van der Waals surface area contributed by atoms with E-state index >= 15 is 0 Å². The Kier molecular flexibility index (Phi) is 6.25. The van der Waals surface area contributed by atoms with E-state index in [-0.39, 0.29) is 25.8 Å². The summed E-state index contributed by atoms with van der Waals surface area (Å²) in [5.74, 6) is 1.74. The van der Waals surface area contributed by atoms with E-state index in [1.807, 2.05) is 6.07 Å². The summed E-state index contributed by atoms with van der Waals surface area (Å²) < 4.78 is 46.8. The number of nitrogens with zero attached hydrogens (tertiary/aromatic N) is 2. The summed E-state index contributed by atoms with van der Waals surface area (Å²) >= 11 is 0. The Labute approximate surface area is 175 Å². The van der Waals surface area contributed by atoms with Gasteiger partial charge in [0.05, 0.1) is 26.2 Å². The van der Waals surface area contributed by atoms with Gasteiger partial charge in [-0.1, -0.05) is 6.07 Å². The van der Waals surface area contributed by atoms with Crippen molar-refractivity contribution in [1.29, 1.82) is 0 Å². The van der Waals surface area contributed by atoms with Gasteiger partial charge in [-0.15, -0.1) is 0 Å². The van der Waals surface area contributed by atoms with Crippen molar-refractivity contribution < 1.29 is 32.2 Å². The SMILES string of the molecule is COc1ccc(CN(C)C(=O)CN(c2ccc3c(c2)OCO3)S(C)(=O)=O)cc1OC. The smallest absolute Gasteiger partial charge is 0.243 e. The molecule has 2 aromatic carbocycles. The lowest BCUT2D eigenvalue weighted by Gasteiger charge is -2.25. The van der Waals surface area contributed by atoms with Crippen molar-refractivity contribution in [3.8, 4) is 23.0 Å². The van der Waals surface area contributed by atoms with Crippen molar-refractivity contribution in [1.82, 2.24) is 4.90 Å². The molecular formula is C20H24N2O7S. The van der Waals surface area contributed by atoms with Gasteiger partial charge in [-0.2, -0.15) is 0 Å². The molecule has 0 spiro atoms. The molecule has 0 bridgehead atoms. The topological polar surface area (TPSA) is 94.6 Å². The molecule has 1 heterocycles. The zero-order valence-electron chi connectivity index (χ0n) is 17.2. The highest BCUT2D eigenvalue weighted by Gasteiger charge is 2.25. The first-order valence-electron chi connectivity index (χ1n) is 9.05. The third kappa shape index (κ3) is 4.70. The Morgan fingerprint density at radius 3 is 2.40 bits per heavy atom. The zero-order chi connectivity index (χ0) is 21.9. The van der Waals surface area contributed by atoms with E-state index in [0.29, 0.717) is 28.7 Å². The van der Waals surface area contributed by atoms with E-state index in [0.717, 1.165) is 16.1 Å². The predicted molar refractivity (Wildman–Crippen MR) is 111 cm³/mol. The van der Waals surface area contributed by atoms with Crippen molar-refractivity contribution in [2.75, 3.05) is 45.2 Å². The monoisotopic (exact) mass is 436 g/mol. The lowest BCUT2D eigenvalue weighted by Crippen LogP contribution is -2.41. The number of sulfonamides is 1. The summed E-state index contributed by atoms with van der Waals surface area (Å²) in [7, 11) is 0.985. The van der Waals surface area contributed by atoms with Gasteiger partial charge in [0.15, 0.2) is 23.0 Å². The van der Waals surface area contributed by atoms with Crippen LogP contribution in [-0.2, 0) is 21.4 Å². The van der Waals surface area contributed by atoms with E-state index < -0.39 is 10.0 Å². The number of benzene rings is 2. The fourth-order valence-electron chi connectivity index (χ4n) is 3.02. The Balaban J connectivity index is 1.76. The minimum atomic E-state index is -3.70. The molecule has 1 amide bonds. The number of anilines is 1. The van der Waals surface area contributed by atoms with Crippen LogP contribution in [0.3, 0.4) is 0 Å². The minimum absolute atomic E-state index is 0.0741. The molecule has 2 aromatic rings. The summed E-state index contributed by atoms with van der Waals surface area (Å²) in [5, 5.41) is 0. The van der Waals surface area contributed by atoms with Gasteiger partial charge in [0.2, 0.25) is 22.7 Å². The maximum Gasteiger partial charge on any atom is 0.243 e. The van der Waals surface area contributed by atoms with Gasteiger partial charge in [-0.3, -0.25) is 9.10 Å². The third-order valence-electron chi connectivity index (χ3n) is 4.62. The fourth-order valence-corrected chi connectivity index (χ4v) is 3.87. The Bertz CT molecular complexity index is 1040. The Morgan fingerprint density at radius 1 is 1.03 bits per heavy atom. The second-order valence-electron chi connectivity index (χ2n) is 6.75. The molecule has 3 rings (SSSR count). The van der Waals surface area contributed by atoms with Crippen LogP contribution in [0.15, 0.2) is 36.4 Å². The average Bonchev–Trinajstić information content (AvgIpc) is 3.18. The molecule has 0 atom stereocenters. The molecule has 0 saturated carbocycles. The van der Waals surface area contributed by atoms with Gasteiger partial charge in [0.1, 0.15) is 6.54 Å². The number of rotatable bonds is 8. The van der Waals surface area contributed by atoms with Crippen LogP contribution >= 0.6 is 0 Å². The van der Waals surface area contributed by atoms with Crippen molar-refractivity contribution in [3.05, 3.63) is 42.0 Å². The molecule has 1 aliphatic heterocycles. The number of likely N-dealkylation sites (N-methyl/N-ethyl adjacent to an activating group) is 1. The molecule has 0 N–H and O–H groups in total. The van der Waals surface area contributed by atoms with Crippen LogP contribution < -0.4 is 23.3 Å². The third-order valence-corrected chi connectivity index (χ3v) is 5.76. The number of amides is 1. The first kappa shape index (κ1) is 21.6. The van der Waals surface area contributed by atoms with E-state index in [2.05, 4.69) is 0 Å². The first-order valence-corrected chi connectivity index (χ1v) is 10.9. The molecule has 1 aliphatic rings. The highest BCUT2D eigenvalue weighted by atomic mass is 32.2. The van der Waals surface area contributed by atoms with E-state index in [4.69, 9.17) is 18.9 Å². The fraction of sp³-hybridized carbons (Fsp3) is 0.350. The lowest BCUT2D eigenvalue weighted by atomic mass is 10.2. The molecule has 9 nitrogen and oxygen atoms in total. The summed E-state index contributed by atoms with van der Waals surface area (Å²) in [5.41, 5.74) is 1.15. The van der Waals surface area contributed by atoms with Gasteiger partial charge in [0.25, 0.3) is 0 Å². The maximum absolute atomic E-state index is 12.8. The molecule has 0 unspecified atom stereocenters. The van der Waals surface area contributed by atoms with Crippen LogP contribution in [0.4, 0.5) is 5.69 Å². The van der Waals surface area contributed by atoms with Gasteiger partial charge < -0.3 is 23.8 Å². The van der Waals surface area contributed by atoms with Crippen LogP contribution in [0.2, 0.25) is 0 Å². The molecule has 0 radical (unpaired) electrons. The number of fused-ring (bicyclic) bond motifs is 1. The zero-order valence-corrected chi connectivity index (χ0v) is 18.1. The maximum atomic E-state index is 12.8. The Hall–Kier alpha value is -3.14. The van der Waals surface area contributed by atoms with Crippen LogP contribution in [0.1, 0.15) is 5.56 Å². The van der Waals surface area contributed by atoms with E-state index in [9.17, 15) is 13.2 Å².